The zero-order chi connectivity index (χ0) is 21.1. The second-order valence-electron chi connectivity index (χ2n) is 7.96. The van der Waals surface area contributed by atoms with Crippen molar-refractivity contribution in [3.8, 4) is 0 Å². The summed E-state index contributed by atoms with van der Waals surface area (Å²) in [5.74, 6) is -0.389. The van der Waals surface area contributed by atoms with Crippen LogP contribution < -0.4 is 4.72 Å². The van der Waals surface area contributed by atoms with Crippen LogP contribution in [0, 0.1) is 5.82 Å². The summed E-state index contributed by atoms with van der Waals surface area (Å²) in [4.78, 5) is 0. The van der Waals surface area contributed by atoms with E-state index in [9.17, 15) is 8.94 Å². The molecule has 3 aromatic rings. The lowest BCUT2D eigenvalue weighted by Gasteiger charge is -2.37. The SMILES string of the molecule is CC(C)(C)[S+]([O-])NCC(c1ccccc1)(c1ccccc1)c1ccc(F)cc1Cl. The lowest BCUT2D eigenvalue weighted by Crippen LogP contribution is -2.47. The molecule has 0 spiro atoms. The summed E-state index contributed by atoms with van der Waals surface area (Å²) in [6, 6.07) is 24.3. The molecule has 0 heterocycles. The van der Waals surface area contributed by atoms with Gasteiger partial charge in [0.05, 0.1) is 12.0 Å². The van der Waals surface area contributed by atoms with Crippen LogP contribution in [0.4, 0.5) is 4.39 Å². The molecule has 1 unspecified atom stereocenters. The molecule has 152 valence electrons. The van der Waals surface area contributed by atoms with Crippen LogP contribution in [0.1, 0.15) is 37.5 Å². The molecular formula is C24H25ClFNOS. The Balaban J connectivity index is 2.25. The molecule has 0 bridgehead atoms. The van der Waals surface area contributed by atoms with Gasteiger partial charge in [-0.3, -0.25) is 0 Å². The van der Waals surface area contributed by atoms with E-state index in [-0.39, 0.29) is 5.82 Å². The third-order valence-corrected chi connectivity index (χ3v) is 6.78. The highest BCUT2D eigenvalue weighted by molar-refractivity contribution is 7.90. The third-order valence-electron chi connectivity index (χ3n) is 4.95. The van der Waals surface area contributed by atoms with Gasteiger partial charge in [-0.05, 0) is 49.6 Å². The van der Waals surface area contributed by atoms with Crippen molar-refractivity contribution in [2.45, 2.75) is 30.9 Å². The Labute approximate surface area is 180 Å². The Hall–Kier alpha value is -1.85. The highest BCUT2D eigenvalue weighted by Gasteiger charge is 2.40. The van der Waals surface area contributed by atoms with Gasteiger partial charge in [-0.25, -0.2) is 4.39 Å². The number of halogens is 2. The summed E-state index contributed by atoms with van der Waals surface area (Å²) >= 11 is 5.29. The monoisotopic (exact) mass is 429 g/mol. The van der Waals surface area contributed by atoms with E-state index in [1.54, 1.807) is 6.07 Å². The molecule has 0 aliphatic heterocycles. The zero-order valence-electron chi connectivity index (χ0n) is 16.8. The lowest BCUT2D eigenvalue weighted by atomic mass is 9.69. The Morgan fingerprint density at radius 2 is 1.41 bits per heavy atom. The maximum absolute atomic E-state index is 13.9. The molecule has 0 saturated carbocycles. The molecule has 2 nitrogen and oxygen atoms in total. The van der Waals surface area contributed by atoms with Crippen LogP contribution >= 0.6 is 11.6 Å². The van der Waals surface area contributed by atoms with E-state index >= 15 is 0 Å². The zero-order valence-corrected chi connectivity index (χ0v) is 18.4. The molecule has 1 N–H and O–H groups in total. The molecular weight excluding hydrogens is 405 g/mol. The molecule has 3 aromatic carbocycles. The summed E-state index contributed by atoms with van der Waals surface area (Å²) < 4.78 is 29.5. The minimum absolute atomic E-state index is 0.334. The summed E-state index contributed by atoms with van der Waals surface area (Å²) in [6.07, 6.45) is 0. The number of rotatable bonds is 6. The first-order valence-electron chi connectivity index (χ1n) is 9.47. The molecule has 0 fully saturated rings. The van der Waals surface area contributed by atoms with Crippen LogP contribution in [0.25, 0.3) is 0 Å². The maximum atomic E-state index is 13.9. The van der Waals surface area contributed by atoms with Gasteiger partial charge in [0.25, 0.3) is 0 Å². The number of hydrogen-bond acceptors (Lipinski definition) is 2. The second-order valence-corrected chi connectivity index (χ2v) is 10.4. The van der Waals surface area contributed by atoms with Crippen LogP contribution in [-0.2, 0) is 16.8 Å². The Bertz CT molecular complexity index is 905. The highest BCUT2D eigenvalue weighted by Crippen LogP contribution is 2.42. The van der Waals surface area contributed by atoms with Gasteiger partial charge in [0, 0.05) is 16.4 Å². The van der Waals surface area contributed by atoms with E-state index in [2.05, 4.69) is 4.72 Å². The fraction of sp³-hybridized carbons (Fsp3) is 0.250. The topological polar surface area (TPSA) is 35.1 Å². The first-order valence-corrected chi connectivity index (χ1v) is 11.0. The summed E-state index contributed by atoms with van der Waals surface area (Å²) in [5.41, 5.74) is 1.99. The quantitative estimate of drug-likeness (QED) is 0.393. The van der Waals surface area contributed by atoms with Crippen LogP contribution in [-0.4, -0.2) is 15.8 Å². The first-order chi connectivity index (χ1) is 13.7. The van der Waals surface area contributed by atoms with E-state index in [0.29, 0.717) is 11.6 Å². The van der Waals surface area contributed by atoms with Gasteiger partial charge in [0.1, 0.15) is 10.6 Å². The van der Waals surface area contributed by atoms with Crippen molar-refractivity contribution in [1.29, 1.82) is 0 Å². The fourth-order valence-electron chi connectivity index (χ4n) is 3.45. The minimum atomic E-state index is -1.28. The molecule has 5 heteroatoms. The molecule has 0 amide bonds. The summed E-state index contributed by atoms with van der Waals surface area (Å²) in [6.45, 7) is 6.12. The predicted molar refractivity (Wildman–Crippen MR) is 120 cm³/mol. The van der Waals surface area contributed by atoms with Crippen molar-refractivity contribution in [2.75, 3.05) is 6.54 Å². The molecule has 0 aliphatic carbocycles. The van der Waals surface area contributed by atoms with Gasteiger partial charge < -0.3 is 4.55 Å². The highest BCUT2D eigenvalue weighted by atomic mass is 35.5. The second kappa shape index (κ2) is 8.88. The van der Waals surface area contributed by atoms with Crippen molar-refractivity contribution in [3.05, 3.63) is 106 Å². The number of hydrogen-bond donors (Lipinski definition) is 1. The molecule has 0 aromatic heterocycles. The van der Waals surface area contributed by atoms with Gasteiger partial charge in [0.2, 0.25) is 0 Å². The van der Waals surface area contributed by atoms with Crippen molar-refractivity contribution in [3.63, 3.8) is 0 Å². The van der Waals surface area contributed by atoms with Gasteiger partial charge >= 0.3 is 0 Å². The number of benzene rings is 3. The van der Waals surface area contributed by atoms with Crippen LogP contribution in [0.2, 0.25) is 5.02 Å². The fourth-order valence-corrected chi connectivity index (χ4v) is 4.56. The summed E-state index contributed by atoms with van der Waals surface area (Å²) in [7, 11) is 0. The number of nitrogens with one attached hydrogen (secondary N) is 1. The Kier molecular flexibility index (Phi) is 6.69. The molecule has 1 atom stereocenters. The maximum Gasteiger partial charge on any atom is 0.136 e. The molecule has 0 aliphatic rings. The van der Waals surface area contributed by atoms with Crippen LogP contribution in [0.15, 0.2) is 78.9 Å². The van der Waals surface area contributed by atoms with Gasteiger partial charge in [-0.1, -0.05) is 78.3 Å². The summed E-state index contributed by atoms with van der Waals surface area (Å²) in [5, 5.41) is 0.334. The lowest BCUT2D eigenvalue weighted by molar-refractivity contribution is 0.523. The largest absolute Gasteiger partial charge is 0.598 e. The van der Waals surface area contributed by atoms with Gasteiger partial charge in [-0.15, -0.1) is 4.72 Å². The molecule has 0 radical (unpaired) electrons. The van der Waals surface area contributed by atoms with E-state index in [1.165, 1.54) is 12.1 Å². The van der Waals surface area contributed by atoms with Crippen LogP contribution in [0.5, 0.6) is 0 Å². The van der Waals surface area contributed by atoms with Crippen molar-refractivity contribution >= 4 is 23.0 Å². The normalized spacial score (nSPS) is 13.3. The standard InChI is InChI=1S/C24H25ClFNOS/c1-23(2,3)29(28)27-17-24(18-10-6-4-7-11-18,19-12-8-5-9-13-19)21-15-14-20(26)16-22(21)25/h4-16,27H,17H2,1-3H3. The van der Waals surface area contributed by atoms with Gasteiger partial charge in [-0.2, -0.15) is 0 Å². The van der Waals surface area contributed by atoms with Crippen molar-refractivity contribution in [2.24, 2.45) is 0 Å². The predicted octanol–water partition coefficient (Wildman–Crippen LogP) is 5.87. The molecule has 29 heavy (non-hydrogen) atoms. The molecule has 0 saturated heterocycles. The van der Waals surface area contributed by atoms with E-state index in [0.717, 1.165) is 16.7 Å². The van der Waals surface area contributed by atoms with Crippen molar-refractivity contribution < 1.29 is 8.94 Å². The first kappa shape index (κ1) is 21.8. The Morgan fingerprint density at radius 1 is 0.897 bits per heavy atom. The van der Waals surface area contributed by atoms with E-state index < -0.39 is 21.5 Å². The molecule has 3 rings (SSSR count). The third kappa shape index (κ3) is 4.67. The van der Waals surface area contributed by atoms with E-state index in [4.69, 9.17) is 11.6 Å². The average Bonchev–Trinajstić information content (AvgIpc) is 2.70. The Morgan fingerprint density at radius 3 is 1.86 bits per heavy atom. The smallest absolute Gasteiger partial charge is 0.136 e. The van der Waals surface area contributed by atoms with E-state index in [1.807, 2.05) is 81.4 Å². The minimum Gasteiger partial charge on any atom is -0.598 e. The van der Waals surface area contributed by atoms with Crippen LogP contribution in [0.3, 0.4) is 0 Å². The average molecular weight is 430 g/mol. The van der Waals surface area contributed by atoms with Gasteiger partial charge in [0.15, 0.2) is 0 Å². The van der Waals surface area contributed by atoms with Crippen molar-refractivity contribution in [1.82, 2.24) is 4.72 Å².